The average molecular weight is 493 g/mol. The van der Waals surface area contributed by atoms with E-state index >= 15 is 0 Å². The van der Waals surface area contributed by atoms with Crippen LogP contribution in [-0.4, -0.2) is 54.4 Å². The number of nitrogens with zero attached hydrogens (tertiary/aromatic N) is 1. The number of aryl methyl sites for hydroxylation is 1. The first kappa shape index (κ1) is 26.1. The van der Waals surface area contributed by atoms with E-state index < -0.39 is 35.8 Å². The molecule has 2 aromatic carbocycles. The molecule has 188 valence electrons. The summed E-state index contributed by atoms with van der Waals surface area (Å²) in [4.78, 5) is 53.8. The number of carbonyl (C=O) groups is 4. The topological polar surface area (TPSA) is 140 Å². The van der Waals surface area contributed by atoms with Gasteiger partial charge in [0.15, 0.2) is 5.69 Å². The third kappa shape index (κ3) is 7.02. The summed E-state index contributed by atoms with van der Waals surface area (Å²) in [6.45, 7) is 2.70. The van der Waals surface area contributed by atoms with Crippen LogP contribution in [0.5, 0.6) is 0 Å². The summed E-state index contributed by atoms with van der Waals surface area (Å²) in [7, 11) is 1.24. The molecule has 2 atom stereocenters. The number of nitrogens with one attached hydrogen (secondary N) is 3. The predicted octanol–water partition coefficient (Wildman–Crippen LogP) is 1.79. The summed E-state index contributed by atoms with van der Waals surface area (Å²) in [6, 6.07) is 16.4. The first-order chi connectivity index (χ1) is 17.3. The number of rotatable bonds is 10. The van der Waals surface area contributed by atoms with Crippen LogP contribution in [0.1, 0.15) is 28.7 Å². The lowest BCUT2D eigenvalue weighted by molar-refractivity contribution is -0.145. The number of hydrogen-bond acceptors (Lipinski definition) is 7. The second kappa shape index (κ2) is 12.3. The maximum atomic E-state index is 12.6. The Hall–Kier alpha value is -4.47. The lowest BCUT2D eigenvalue weighted by Crippen LogP contribution is -2.52. The van der Waals surface area contributed by atoms with Gasteiger partial charge in [0.2, 0.25) is 17.7 Å². The van der Waals surface area contributed by atoms with Gasteiger partial charge >= 0.3 is 5.97 Å². The number of amides is 3. The molecule has 1 aromatic heterocycles. The van der Waals surface area contributed by atoms with Crippen molar-refractivity contribution in [3.8, 4) is 11.5 Å². The van der Waals surface area contributed by atoms with Gasteiger partial charge in [-0.3, -0.25) is 14.4 Å². The fourth-order valence-corrected chi connectivity index (χ4v) is 3.40. The SMILES string of the molecule is COC(=O)[C@H](Cc1ccccc1)NC(=O)[C@H](C)NC(=O)CNC(=O)c1nc(-c2ccccc2)oc1C. The molecule has 0 unspecified atom stereocenters. The Balaban J connectivity index is 1.52. The van der Waals surface area contributed by atoms with Crippen LogP contribution in [0.3, 0.4) is 0 Å². The van der Waals surface area contributed by atoms with Gasteiger partial charge < -0.3 is 25.1 Å². The van der Waals surface area contributed by atoms with Crippen molar-refractivity contribution in [3.63, 3.8) is 0 Å². The van der Waals surface area contributed by atoms with Crippen molar-refractivity contribution in [2.75, 3.05) is 13.7 Å². The first-order valence-corrected chi connectivity index (χ1v) is 11.3. The highest BCUT2D eigenvalue weighted by molar-refractivity contribution is 5.97. The summed E-state index contributed by atoms with van der Waals surface area (Å²) in [6.07, 6.45) is 0.234. The third-order valence-electron chi connectivity index (χ3n) is 5.30. The molecule has 3 aromatic rings. The van der Waals surface area contributed by atoms with Crippen molar-refractivity contribution >= 4 is 23.7 Å². The van der Waals surface area contributed by atoms with Crippen LogP contribution >= 0.6 is 0 Å². The average Bonchev–Trinajstić information content (AvgIpc) is 3.29. The summed E-state index contributed by atoms with van der Waals surface area (Å²) < 4.78 is 10.4. The maximum Gasteiger partial charge on any atom is 0.328 e. The highest BCUT2D eigenvalue weighted by Gasteiger charge is 2.25. The number of hydrogen-bond donors (Lipinski definition) is 3. The molecule has 3 N–H and O–H groups in total. The zero-order valence-electron chi connectivity index (χ0n) is 20.2. The lowest BCUT2D eigenvalue weighted by atomic mass is 10.1. The van der Waals surface area contributed by atoms with E-state index in [9.17, 15) is 19.2 Å². The van der Waals surface area contributed by atoms with Gasteiger partial charge in [0.25, 0.3) is 5.91 Å². The van der Waals surface area contributed by atoms with E-state index in [4.69, 9.17) is 9.15 Å². The number of esters is 1. The Morgan fingerprint density at radius 3 is 2.25 bits per heavy atom. The normalized spacial score (nSPS) is 12.2. The minimum atomic E-state index is -0.962. The molecule has 0 aliphatic carbocycles. The van der Waals surface area contributed by atoms with E-state index in [2.05, 4.69) is 20.9 Å². The van der Waals surface area contributed by atoms with E-state index in [1.807, 2.05) is 48.5 Å². The Bertz CT molecular complexity index is 1210. The van der Waals surface area contributed by atoms with Crippen molar-refractivity contribution < 1.29 is 28.3 Å². The molecule has 0 saturated carbocycles. The van der Waals surface area contributed by atoms with Gasteiger partial charge in [0, 0.05) is 12.0 Å². The van der Waals surface area contributed by atoms with Crippen LogP contribution in [0.15, 0.2) is 65.1 Å². The standard InChI is InChI=1S/C26H28N4O6/c1-16(23(32)29-20(26(34)35-3)14-18-10-6-4-7-11-18)28-21(31)15-27-24(33)22-17(2)36-25(30-22)19-12-8-5-9-13-19/h4-13,16,20H,14-15H2,1-3H3,(H,27,33)(H,28,31)(H,29,32)/t16-,20-/m0/s1. The molecular weight excluding hydrogens is 464 g/mol. The van der Waals surface area contributed by atoms with Crippen LogP contribution in [0, 0.1) is 6.92 Å². The second-order valence-corrected chi connectivity index (χ2v) is 8.04. The predicted molar refractivity (Wildman–Crippen MR) is 131 cm³/mol. The molecule has 10 heteroatoms. The van der Waals surface area contributed by atoms with Gasteiger partial charge in [-0.05, 0) is 31.5 Å². The number of benzene rings is 2. The lowest BCUT2D eigenvalue weighted by Gasteiger charge is -2.20. The van der Waals surface area contributed by atoms with E-state index in [0.29, 0.717) is 11.7 Å². The van der Waals surface area contributed by atoms with E-state index in [1.165, 1.54) is 14.0 Å². The zero-order valence-corrected chi connectivity index (χ0v) is 20.2. The first-order valence-electron chi connectivity index (χ1n) is 11.3. The molecule has 0 radical (unpaired) electrons. The van der Waals surface area contributed by atoms with Crippen LogP contribution in [0.25, 0.3) is 11.5 Å². The van der Waals surface area contributed by atoms with Gasteiger partial charge in [-0.25, -0.2) is 9.78 Å². The molecule has 0 spiro atoms. The highest BCUT2D eigenvalue weighted by atomic mass is 16.5. The number of ether oxygens (including phenoxy) is 1. The second-order valence-electron chi connectivity index (χ2n) is 8.04. The summed E-state index contributed by atoms with van der Waals surface area (Å²) >= 11 is 0. The van der Waals surface area contributed by atoms with Crippen LogP contribution in [0.4, 0.5) is 0 Å². The van der Waals surface area contributed by atoms with Crippen LogP contribution < -0.4 is 16.0 Å². The van der Waals surface area contributed by atoms with Gasteiger partial charge in [0.1, 0.15) is 17.8 Å². The molecule has 0 saturated heterocycles. The summed E-state index contributed by atoms with van der Waals surface area (Å²) in [5, 5.41) is 7.57. The smallest absolute Gasteiger partial charge is 0.328 e. The quantitative estimate of drug-likeness (QED) is 0.367. The number of carbonyl (C=O) groups excluding carboxylic acids is 4. The molecule has 3 amide bonds. The van der Waals surface area contributed by atoms with Crippen molar-refractivity contribution in [2.24, 2.45) is 0 Å². The van der Waals surface area contributed by atoms with E-state index in [-0.39, 0.29) is 18.7 Å². The Kier molecular flexibility index (Phi) is 8.93. The Morgan fingerprint density at radius 2 is 1.61 bits per heavy atom. The Labute approximate surface area is 208 Å². The summed E-state index contributed by atoms with van der Waals surface area (Å²) in [5.74, 6) is -1.74. The molecule has 3 rings (SSSR count). The van der Waals surface area contributed by atoms with Gasteiger partial charge in [-0.1, -0.05) is 48.5 Å². The molecule has 36 heavy (non-hydrogen) atoms. The van der Waals surface area contributed by atoms with Gasteiger partial charge in [0.05, 0.1) is 13.7 Å². The van der Waals surface area contributed by atoms with Crippen molar-refractivity contribution in [1.82, 2.24) is 20.9 Å². The molecule has 0 fully saturated rings. The van der Waals surface area contributed by atoms with Crippen molar-refractivity contribution in [1.29, 1.82) is 0 Å². The van der Waals surface area contributed by atoms with Crippen molar-refractivity contribution in [3.05, 3.63) is 77.7 Å². The molecule has 0 bridgehead atoms. The van der Waals surface area contributed by atoms with E-state index in [0.717, 1.165) is 11.1 Å². The monoisotopic (exact) mass is 492 g/mol. The number of aromatic nitrogens is 1. The number of oxazole rings is 1. The highest BCUT2D eigenvalue weighted by Crippen LogP contribution is 2.21. The maximum absolute atomic E-state index is 12.6. The van der Waals surface area contributed by atoms with Crippen LogP contribution in [-0.2, 0) is 25.5 Å². The summed E-state index contributed by atoms with van der Waals surface area (Å²) in [5.41, 5.74) is 1.62. The van der Waals surface area contributed by atoms with Gasteiger partial charge in [-0.15, -0.1) is 0 Å². The fourth-order valence-electron chi connectivity index (χ4n) is 3.40. The number of methoxy groups -OCH3 is 1. The van der Waals surface area contributed by atoms with Crippen molar-refractivity contribution in [2.45, 2.75) is 32.4 Å². The molecular formula is C26H28N4O6. The Morgan fingerprint density at radius 1 is 0.972 bits per heavy atom. The van der Waals surface area contributed by atoms with Crippen LogP contribution in [0.2, 0.25) is 0 Å². The molecule has 10 nitrogen and oxygen atoms in total. The molecule has 0 aliphatic rings. The fraction of sp³-hybridized carbons (Fsp3) is 0.269. The minimum Gasteiger partial charge on any atom is -0.467 e. The largest absolute Gasteiger partial charge is 0.467 e. The third-order valence-corrected chi connectivity index (χ3v) is 5.30. The van der Waals surface area contributed by atoms with Gasteiger partial charge in [-0.2, -0.15) is 0 Å². The molecule has 1 heterocycles. The minimum absolute atomic E-state index is 0.0641. The van der Waals surface area contributed by atoms with E-state index in [1.54, 1.807) is 19.1 Å². The molecule has 0 aliphatic heterocycles. The zero-order chi connectivity index (χ0) is 26.1.